The second-order valence-corrected chi connectivity index (χ2v) is 6.10. The second kappa shape index (κ2) is 5.13. The van der Waals surface area contributed by atoms with E-state index in [0.29, 0.717) is 15.9 Å². The topological polar surface area (TPSA) is 43.8 Å². The molecule has 0 bridgehead atoms. The van der Waals surface area contributed by atoms with Crippen molar-refractivity contribution in [3.63, 3.8) is 0 Å². The third kappa shape index (κ3) is 2.20. The molecule has 0 unspecified atom stereocenters. The fraction of sp³-hybridized carbons (Fsp3) is 0.0714. The largest absolute Gasteiger partial charge is 0.383 e. The van der Waals surface area contributed by atoms with Gasteiger partial charge >= 0.3 is 0 Å². The van der Waals surface area contributed by atoms with E-state index in [1.165, 1.54) is 0 Å². The molecular weight excluding hydrogens is 313 g/mol. The number of nitrogens with zero attached hydrogens (tertiary/aromatic N) is 2. The van der Waals surface area contributed by atoms with Gasteiger partial charge in [0.15, 0.2) is 0 Å². The predicted octanol–water partition coefficient (Wildman–Crippen LogP) is 4.70. The Labute approximate surface area is 130 Å². The number of benzene rings is 1. The number of anilines is 1. The molecule has 0 saturated carbocycles. The number of halogens is 2. The lowest BCUT2D eigenvalue weighted by molar-refractivity contribution is 0.783. The molecule has 0 aliphatic heterocycles. The number of aromatic nitrogens is 2. The Bertz CT molecular complexity index is 763. The van der Waals surface area contributed by atoms with E-state index in [4.69, 9.17) is 28.9 Å². The van der Waals surface area contributed by atoms with E-state index in [0.717, 1.165) is 21.7 Å². The van der Waals surface area contributed by atoms with E-state index >= 15 is 0 Å². The number of rotatable bonds is 2. The lowest BCUT2D eigenvalue weighted by Crippen LogP contribution is -1.97. The normalized spacial score (nSPS) is 10.9. The fourth-order valence-electron chi connectivity index (χ4n) is 2.06. The molecule has 0 fully saturated rings. The predicted molar refractivity (Wildman–Crippen MR) is 86.4 cm³/mol. The first kappa shape index (κ1) is 13.5. The highest BCUT2D eigenvalue weighted by molar-refractivity contribution is 7.13. The van der Waals surface area contributed by atoms with Crippen LogP contribution in [0.1, 0.15) is 0 Å². The van der Waals surface area contributed by atoms with Crippen molar-refractivity contribution in [2.45, 2.75) is 0 Å². The summed E-state index contributed by atoms with van der Waals surface area (Å²) < 4.78 is 1.67. The van der Waals surface area contributed by atoms with Crippen molar-refractivity contribution in [3.8, 4) is 21.7 Å². The summed E-state index contributed by atoms with van der Waals surface area (Å²) in [5.41, 5.74) is 8.81. The van der Waals surface area contributed by atoms with Gasteiger partial charge in [0.25, 0.3) is 0 Å². The highest BCUT2D eigenvalue weighted by Gasteiger charge is 2.18. The molecule has 0 radical (unpaired) electrons. The first-order valence-electron chi connectivity index (χ1n) is 5.89. The number of nitrogen functional groups attached to an aromatic ring is 1. The summed E-state index contributed by atoms with van der Waals surface area (Å²) in [4.78, 5) is 1.07. The van der Waals surface area contributed by atoms with E-state index in [2.05, 4.69) is 5.10 Å². The van der Waals surface area contributed by atoms with Gasteiger partial charge < -0.3 is 5.73 Å². The summed E-state index contributed by atoms with van der Waals surface area (Å²) in [6.07, 6.45) is 0. The monoisotopic (exact) mass is 323 g/mol. The van der Waals surface area contributed by atoms with Crippen LogP contribution in [0.25, 0.3) is 21.7 Å². The second-order valence-electron chi connectivity index (χ2n) is 4.34. The minimum absolute atomic E-state index is 0.504. The van der Waals surface area contributed by atoms with Gasteiger partial charge in [-0.25, -0.2) is 0 Å². The Morgan fingerprint density at radius 3 is 2.65 bits per heavy atom. The molecule has 3 rings (SSSR count). The molecule has 3 aromatic rings. The van der Waals surface area contributed by atoms with Crippen LogP contribution in [-0.2, 0) is 7.05 Å². The quantitative estimate of drug-likeness (QED) is 0.742. The standard InChI is InChI=1S/C14H11Cl2N3S/c1-19-14(17)12(8-4-5-9(15)10(16)7-8)13(18-19)11-3-2-6-20-11/h2-7H,17H2,1H3. The molecule has 2 heterocycles. The SMILES string of the molecule is Cn1nc(-c2cccs2)c(-c2ccc(Cl)c(Cl)c2)c1N. The Morgan fingerprint density at radius 1 is 1.20 bits per heavy atom. The average molecular weight is 324 g/mol. The summed E-state index contributed by atoms with van der Waals surface area (Å²) >= 11 is 13.7. The number of thiophene rings is 1. The molecule has 2 aromatic heterocycles. The van der Waals surface area contributed by atoms with E-state index in [1.807, 2.05) is 36.7 Å². The zero-order valence-electron chi connectivity index (χ0n) is 10.6. The first-order valence-corrected chi connectivity index (χ1v) is 7.53. The van der Waals surface area contributed by atoms with E-state index in [9.17, 15) is 0 Å². The number of aryl methyl sites for hydroxylation is 1. The molecule has 0 amide bonds. The van der Waals surface area contributed by atoms with Crippen molar-refractivity contribution in [1.82, 2.24) is 9.78 Å². The van der Waals surface area contributed by atoms with Crippen molar-refractivity contribution >= 4 is 40.4 Å². The maximum Gasteiger partial charge on any atom is 0.129 e. The maximum absolute atomic E-state index is 6.16. The van der Waals surface area contributed by atoms with Crippen LogP contribution in [-0.4, -0.2) is 9.78 Å². The van der Waals surface area contributed by atoms with Gasteiger partial charge in [0, 0.05) is 7.05 Å². The van der Waals surface area contributed by atoms with Gasteiger partial charge in [0.05, 0.1) is 20.5 Å². The summed E-state index contributed by atoms with van der Waals surface area (Å²) in [6, 6.07) is 9.49. The van der Waals surface area contributed by atoms with Crippen molar-refractivity contribution in [1.29, 1.82) is 0 Å². The van der Waals surface area contributed by atoms with Crippen LogP contribution in [0.5, 0.6) is 0 Å². The number of hydrogen-bond donors (Lipinski definition) is 1. The Kier molecular flexibility index (Phi) is 3.46. The Hall–Kier alpha value is -1.49. The molecule has 2 N–H and O–H groups in total. The zero-order valence-corrected chi connectivity index (χ0v) is 12.9. The van der Waals surface area contributed by atoms with Crippen molar-refractivity contribution < 1.29 is 0 Å². The minimum Gasteiger partial charge on any atom is -0.383 e. The van der Waals surface area contributed by atoms with Crippen molar-refractivity contribution in [2.75, 3.05) is 5.73 Å². The average Bonchev–Trinajstić information content (AvgIpc) is 3.03. The smallest absolute Gasteiger partial charge is 0.129 e. The third-order valence-corrected chi connectivity index (χ3v) is 4.67. The van der Waals surface area contributed by atoms with Gasteiger partial charge in [0.1, 0.15) is 11.5 Å². The molecule has 0 atom stereocenters. The molecule has 0 aliphatic carbocycles. The summed E-state index contributed by atoms with van der Waals surface area (Å²) in [5, 5.41) is 7.55. The molecule has 0 saturated heterocycles. The maximum atomic E-state index is 6.16. The van der Waals surface area contributed by atoms with E-state index in [1.54, 1.807) is 22.1 Å². The molecule has 0 spiro atoms. The highest BCUT2D eigenvalue weighted by atomic mass is 35.5. The molecular formula is C14H11Cl2N3S. The van der Waals surface area contributed by atoms with Crippen LogP contribution in [0.4, 0.5) is 5.82 Å². The van der Waals surface area contributed by atoms with Gasteiger partial charge in [-0.15, -0.1) is 11.3 Å². The lowest BCUT2D eigenvalue weighted by atomic mass is 10.0. The third-order valence-electron chi connectivity index (χ3n) is 3.05. The van der Waals surface area contributed by atoms with Gasteiger partial charge in [-0.3, -0.25) is 4.68 Å². The molecule has 3 nitrogen and oxygen atoms in total. The molecule has 1 aromatic carbocycles. The zero-order chi connectivity index (χ0) is 14.3. The van der Waals surface area contributed by atoms with Crippen molar-refractivity contribution in [2.24, 2.45) is 7.05 Å². The summed E-state index contributed by atoms with van der Waals surface area (Å²) in [6.45, 7) is 0. The first-order chi connectivity index (χ1) is 9.58. The molecule has 102 valence electrons. The molecule has 0 aliphatic rings. The van der Waals surface area contributed by atoms with E-state index < -0.39 is 0 Å². The van der Waals surface area contributed by atoms with Crippen LogP contribution < -0.4 is 5.73 Å². The van der Waals surface area contributed by atoms with Gasteiger partial charge in [-0.05, 0) is 29.1 Å². The van der Waals surface area contributed by atoms with Crippen LogP contribution in [0.2, 0.25) is 10.0 Å². The Morgan fingerprint density at radius 2 is 2.00 bits per heavy atom. The minimum atomic E-state index is 0.504. The molecule has 20 heavy (non-hydrogen) atoms. The van der Waals surface area contributed by atoms with Crippen LogP contribution in [0.15, 0.2) is 35.7 Å². The Balaban J connectivity index is 2.25. The molecule has 6 heteroatoms. The van der Waals surface area contributed by atoms with Gasteiger partial charge in [-0.1, -0.05) is 35.3 Å². The van der Waals surface area contributed by atoms with Crippen LogP contribution in [0, 0.1) is 0 Å². The number of hydrogen-bond acceptors (Lipinski definition) is 3. The van der Waals surface area contributed by atoms with Gasteiger partial charge in [0.2, 0.25) is 0 Å². The summed E-state index contributed by atoms with van der Waals surface area (Å²) in [5.74, 6) is 0.604. The van der Waals surface area contributed by atoms with E-state index in [-0.39, 0.29) is 0 Å². The fourth-order valence-corrected chi connectivity index (χ4v) is 3.07. The van der Waals surface area contributed by atoms with Crippen molar-refractivity contribution in [3.05, 3.63) is 45.8 Å². The highest BCUT2D eigenvalue weighted by Crippen LogP contribution is 2.39. The van der Waals surface area contributed by atoms with Crippen LogP contribution >= 0.6 is 34.5 Å². The lowest BCUT2D eigenvalue weighted by Gasteiger charge is -2.05. The summed E-state index contributed by atoms with van der Waals surface area (Å²) in [7, 11) is 1.83. The van der Waals surface area contributed by atoms with Crippen LogP contribution in [0.3, 0.4) is 0 Å². The number of nitrogens with two attached hydrogens (primary N) is 1. The van der Waals surface area contributed by atoms with Gasteiger partial charge in [-0.2, -0.15) is 5.10 Å².